The molecular formula is C17H26N4O2. The number of hydrogen-bond donors (Lipinski definition) is 2. The highest BCUT2D eigenvalue weighted by molar-refractivity contribution is 5.78. The number of nitrogens with one attached hydrogen (secondary N) is 2. The standard InChI is InChI=1S/C17H26N4O2/c1-13-12-21(8-9-23-13)16-3-2-14(10-19-16)11-20-17(22)15-4-6-18-7-5-15/h2-3,10,13,15,18H,4-9,11-12H2,1H3,(H,20,22). The van der Waals surface area contributed by atoms with E-state index in [-0.39, 0.29) is 17.9 Å². The van der Waals surface area contributed by atoms with E-state index in [1.807, 2.05) is 18.3 Å². The van der Waals surface area contributed by atoms with Crippen molar-refractivity contribution in [2.24, 2.45) is 5.92 Å². The van der Waals surface area contributed by atoms with Crippen LogP contribution in [0.2, 0.25) is 0 Å². The topological polar surface area (TPSA) is 66.5 Å². The lowest BCUT2D eigenvalue weighted by Crippen LogP contribution is -2.41. The lowest BCUT2D eigenvalue weighted by atomic mass is 9.97. The highest BCUT2D eigenvalue weighted by Crippen LogP contribution is 2.16. The van der Waals surface area contributed by atoms with Gasteiger partial charge in [0, 0.05) is 31.7 Å². The molecule has 6 nitrogen and oxygen atoms in total. The van der Waals surface area contributed by atoms with Crippen molar-refractivity contribution in [3.05, 3.63) is 23.9 Å². The second-order valence-electron chi connectivity index (χ2n) is 6.39. The van der Waals surface area contributed by atoms with Crippen LogP contribution in [0, 0.1) is 5.92 Å². The smallest absolute Gasteiger partial charge is 0.223 e. The van der Waals surface area contributed by atoms with E-state index in [1.54, 1.807) is 0 Å². The van der Waals surface area contributed by atoms with E-state index in [0.29, 0.717) is 6.54 Å². The summed E-state index contributed by atoms with van der Waals surface area (Å²) >= 11 is 0. The number of anilines is 1. The second-order valence-corrected chi connectivity index (χ2v) is 6.39. The van der Waals surface area contributed by atoms with E-state index >= 15 is 0 Å². The Bertz CT molecular complexity index is 514. The summed E-state index contributed by atoms with van der Waals surface area (Å²) in [6.07, 6.45) is 3.96. The number of amides is 1. The third-order valence-corrected chi connectivity index (χ3v) is 4.55. The first-order chi connectivity index (χ1) is 11.2. The summed E-state index contributed by atoms with van der Waals surface area (Å²) in [5.74, 6) is 1.30. The van der Waals surface area contributed by atoms with E-state index in [1.165, 1.54) is 0 Å². The Morgan fingerprint density at radius 1 is 1.43 bits per heavy atom. The van der Waals surface area contributed by atoms with E-state index in [0.717, 1.165) is 57.0 Å². The Morgan fingerprint density at radius 2 is 2.26 bits per heavy atom. The minimum Gasteiger partial charge on any atom is -0.375 e. The average Bonchev–Trinajstić information content (AvgIpc) is 2.61. The number of rotatable bonds is 4. The molecule has 2 N–H and O–H groups in total. The highest BCUT2D eigenvalue weighted by Gasteiger charge is 2.20. The zero-order chi connectivity index (χ0) is 16.1. The van der Waals surface area contributed by atoms with E-state index < -0.39 is 0 Å². The van der Waals surface area contributed by atoms with Gasteiger partial charge in [-0.2, -0.15) is 0 Å². The van der Waals surface area contributed by atoms with Crippen LogP contribution in [0.25, 0.3) is 0 Å². The Morgan fingerprint density at radius 3 is 2.96 bits per heavy atom. The SMILES string of the molecule is CC1CN(c2ccc(CNC(=O)C3CCNCC3)cn2)CCO1. The van der Waals surface area contributed by atoms with Crippen LogP contribution >= 0.6 is 0 Å². The molecule has 0 bridgehead atoms. The quantitative estimate of drug-likeness (QED) is 0.864. The molecule has 2 aliphatic heterocycles. The summed E-state index contributed by atoms with van der Waals surface area (Å²) in [6, 6.07) is 4.08. The number of ether oxygens (including phenoxy) is 1. The highest BCUT2D eigenvalue weighted by atomic mass is 16.5. The molecule has 1 atom stereocenters. The Balaban J connectivity index is 1.50. The summed E-state index contributed by atoms with van der Waals surface area (Å²) in [6.45, 7) is 7.00. The normalized spacial score (nSPS) is 22.8. The molecule has 0 aliphatic carbocycles. The van der Waals surface area contributed by atoms with Gasteiger partial charge in [0.2, 0.25) is 5.91 Å². The first-order valence-corrected chi connectivity index (χ1v) is 8.52. The zero-order valence-corrected chi connectivity index (χ0v) is 13.8. The lowest BCUT2D eigenvalue weighted by molar-refractivity contribution is -0.125. The van der Waals surface area contributed by atoms with Crippen LogP contribution in [0.5, 0.6) is 0 Å². The number of aromatic nitrogens is 1. The van der Waals surface area contributed by atoms with Gasteiger partial charge in [0.05, 0.1) is 12.7 Å². The molecule has 0 spiro atoms. The van der Waals surface area contributed by atoms with Crippen LogP contribution in [0.4, 0.5) is 5.82 Å². The van der Waals surface area contributed by atoms with Crippen molar-refractivity contribution < 1.29 is 9.53 Å². The minimum atomic E-state index is 0.151. The molecule has 6 heteroatoms. The van der Waals surface area contributed by atoms with Crippen LogP contribution in [0.3, 0.4) is 0 Å². The number of nitrogens with zero attached hydrogens (tertiary/aromatic N) is 2. The number of morpholine rings is 1. The number of carbonyl (C=O) groups is 1. The third-order valence-electron chi connectivity index (χ3n) is 4.55. The molecule has 1 aromatic heterocycles. The van der Waals surface area contributed by atoms with Crippen molar-refractivity contribution in [2.45, 2.75) is 32.4 Å². The number of carbonyl (C=O) groups excluding carboxylic acids is 1. The summed E-state index contributed by atoms with van der Waals surface area (Å²) in [7, 11) is 0. The van der Waals surface area contributed by atoms with E-state index in [2.05, 4.69) is 27.4 Å². The summed E-state index contributed by atoms with van der Waals surface area (Å²) < 4.78 is 5.55. The van der Waals surface area contributed by atoms with Crippen molar-refractivity contribution in [3.63, 3.8) is 0 Å². The van der Waals surface area contributed by atoms with Crippen LogP contribution in [0.1, 0.15) is 25.3 Å². The molecule has 2 saturated heterocycles. The Kier molecular flexibility index (Phi) is 5.46. The van der Waals surface area contributed by atoms with Crippen molar-refractivity contribution in [3.8, 4) is 0 Å². The first-order valence-electron chi connectivity index (χ1n) is 8.52. The molecule has 23 heavy (non-hydrogen) atoms. The summed E-state index contributed by atoms with van der Waals surface area (Å²) in [4.78, 5) is 18.9. The molecule has 2 fully saturated rings. The maximum absolute atomic E-state index is 12.1. The predicted molar refractivity (Wildman–Crippen MR) is 89.3 cm³/mol. The van der Waals surface area contributed by atoms with Crippen molar-refractivity contribution in [2.75, 3.05) is 37.7 Å². The van der Waals surface area contributed by atoms with Gasteiger partial charge in [-0.25, -0.2) is 4.98 Å². The summed E-state index contributed by atoms with van der Waals surface area (Å²) in [5.41, 5.74) is 1.04. The van der Waals surface area contributed by atoms with Gasteiger partial charge in [-0.1, -0.05) is 6.07 Å². The molecule has 1 amide bonds. The average molecular weight is 318 g/mol. The number of hydrogen-bond acceptors (Lipinski definition) is 5. The van der Waals surface area contributed by atoms with Gasteiger partial charge in [-0.3, -0.25) is 4.79 Å². The van der Waals surface area contributed by atoms with Crippen molar-refractivity contribution >= 4 is 11.7 Å². The fourth-order valence-corrected chi connectivity index (χ4v) is 3.15. The van der Waals surface area contributed by atoms with E-state index in [9.17, 15) is 4.79 Å². The minimum absolute atomic E-state index is 0.151. The van der Waals surface area contributed by atoms with Crippen LogP contribution in [-0.2, 0) is 16.1 Å². The molecule has 3 rings (SSSR count). The van der Waals surface area contributed by atoms with Gasteiger partial charge < -0.3 is 20.3 Å². The molecule has 0 saturated carbocycles. The monoisotopic (exact) mass is 318 g/mol. The van der Waals surface area contributed by atoms with Gasteiger partial charge in [0.15, 0.2) is 0 Å². The first kappa shape index (κ1) is 16.2. The zero-order valence-electron chi connectivity index (χ0n) is 13.8. The fourth-order valence-electron chi connectivity index (χ4n) is 3.15. The third kappa shape index (κ3) is 4.42. The molecule has 0 radical (unpaired) electrons. The fraction of sp³-hybridized carbons (Fsp3) is 0.647. The summed E-state index contributed by atoms with van der Waals surface area (Å²) in [5, 5.41) is 6.31. The maximum atomic E-state index is 12.1. The van der Waals surface area contributed by atoms with Gasteiger partial charge in [-0.15, -0.1) is 0 Å². The maximum Gasteiger partial charge on any atom is 0.223 e. The predicted octanol–water partition coefficient (Wildman–Crippen LogP) is 0.923. The second kappa shape index (κ2) is 7.75. The largest absolute Gasteiger partial charge is 0.375 e. The number of piperidine rings is 1. The molecular weight excluding hydrogens is 292 g/mol. The van der Waals surface area contributed by atoms with Gasteiger partial charge in [0.25, 0.3) is 0 Å². The molecule has 1 aromatic rings. The molecule has 0 aromatic carbocycles. The molecule has 3 heterocycles. The molecule has 1 unspecified atom stereocenters. The molecule has 2 aliphatic rings. The lowest BCUT2D eigenvalue weighted by Gasteiger charge is -2.32. The molecule has 126 valence electrons. The Labute approximate surface area is 137 Å². The van der Waals surface area contributed by atoms with Crippen molar-refractivity contribution in [1.29, 1.82) is 0 Å². The van der Waals surface area contributed by atoms with Crippen molar-refractivity contribution in [1.82, 2.24) is 15.6 Å². The van der Waals surface area contributed by atoms with E-state index in [4.69, 9.17) is 4.74 Å². The van der Waals surface area contributed by atoms with Gasteiger partial charge in [0.1, 0.15) is 5.82 Å². The number of pyridine rings is 1. The van der Waals surface area contributed by atoms with Gasteiger partial charge in [-0.05, 0) is 44.5 Å². The van der Waals surface area contributed by atoms with Gasteiger partial charge >= 0.3 is 0 Å². The van der Waals surface area contributed by atoms with Crippen LogP contribution in [0.15, 0.2) is 18.3 Å². The Hall–Kier alpha value is -1.66. The van der Waals surface area contributed by atoms with Crippen LogP contribution < -0.4 is 15.5 Å². The van der Waals surface area contributed by atoms with Crippen LogP contribution in [-0.4, -0.2) is 49.8 Å².